The standard InChI is InChI=1S/C79H102ClN19O12/c1-45(2)36-61(69(103)89-60(17-10-11-34-84-46(3)4)77(111)99-35-13-18-68(99)76(110)85-47(5)81)90-71(105)64(39-51-22-29-58(30-23-51)86-48(6)101)92-73(107)65(40-52-24-31-59(32-25-52)88-79-96-78(82)97-98-79)94-75(109)67(44-100)95-74(108)66(42-54-14-12-33-83-43-54)93-72(106)63(38-50-20-27-57(80)28-21-50)91-70(104)62(87-49(7)102)41-53-19-26-55-15-8-9-16-56(55)37-53/h8-9,12,14-16,19-33,37,43,45-47,60-68,84,100H,10-11,13,17-18,34-36,38-42,44,81H2,1-7H3,(H,85,110)(H,86,101)(H,87,102)(H,89,103)(H,90,105)(H,91,104)(H,92,107)(H,93,106)(H,94,109)(H,95,108)(H4,82,88,96,97,98)/t47-,60+,61+,62-,63-,64-,65+,66-,67+,68+/m1/s1. The fourth-order valence-electron chi connectivity index (χ4n) is 12.8. The average Bonchev–Trinajstić information content (AvgIpc) is 1.66. The highest BCUT2D eigenvalue weighted by molar-refractivity contribution is 6.30. The summed E-state index contributed by atoms with van der Waals surface area (Å²) < 4.78 is 0. The van der Waals surface area contributed by atoms with Crippen LogP contribution >= 0.6 is 11.6 Å². The number of aromatic nitrogens is 4. The molecule has 592 valence electrons. The van der Waals surface area contributed by atoms with Crippen molar-refractivity contribution in [1.29, 1.82) is 0 Å². The highest BCUT2D eigenvalue weighted by atomic mass is 35.5. The van der Waals surface area contributed by atoms with Crippen LogP contribution in [-0.2, 0) is 84.8 Å². The number of carbonyl (C=O) groups excluding carboxylic acids is 11. The second-order valence-corrected chi connectivity index (χ2v) is 29.0. The Bertz CT molecular complexity index is 4320. The molecule has 0 aliphatic carbocycles. The number of fused-ring (bicyclic) bond motifs is 1. The van der Waals surface area contributed by atoms with E-state index in [1.54, 1.807) is 91.9 Å². The van der Waals surface area contributed by atoms with Gasteiger partial charge in [0.15, 0.2) is 0 Å². The monoisotopic (exact) mass is 1540 g/mol. The van der Waals surface area contributed by atoms with Crippen LogP contribution in [0.15, 0.2) is 140 Å². The first kappa shape index (κ1) is 85.2. The maximum absolute atomic E-state index is 15.4. The lowest BCUT2D eigenvalue weighted by molar-refractivity contribution is -0.142. The fourth-order valence-corrected chi connectivity index (χ4v) is 13.0. The number of amides is 11. The predicted molar refractivity (Wildman–Crippen MR) is 421 cm³/mol. The predicted octanol–water partition coefficient (Wildman–Crippen LogP) is 3.32. The van der Waals surface area contributed by atoms with Crippen molar-refractivity contribution in [2.45, 2.75) is 186 Å². The number of aliphatic hydroxyl groups excluding tert-OH is 1. The van der Waals surface area contributed by atoms with Gasteiger partial charge in [-0.15, -0.1) is 5.10 Å². The number of H-pyrrole nitrogens is 1. The summed E-state index contributed by atoms with van der Waals surface area (Å²) in [6.45, 7) is 11.7. The number of nitrogens with two attached hydrogens (primary N) is 2. The zero-order valence-electron chi connectivity index (χ0n) is 63.4. The van der Waals surface area contributed by atoms with E-state index in [-0.39, 0.29) is 81.3 Å². The number of unbranched alkanes of at least 4 members (excludes halogenated alkanes) is 1. The van der Waals surface area contributed by atoms with E-state index in [9.17, 15) is 48.3 Å². The molecule has 0 radical (unpaired) electrons. The van der Waals surface area contributed by atoms with Gasteiger partial charge in [0, 0.05) is 87.3 Å². The molecule has 18 N–H and O–H groups in total. The Morgan fingerprint density at radius 2 is 1.05 bits per heavy atom. The van der Waals surface area contributed by atoms with Crippen LogP contribution in [-0.4, -0.2) is 181 Å². The van der Waals surface area contributed by atoms with E-state index < -0.39 is 126 Å². The van der Waals surface area contributed by atoms with Crippen molar-refractivity contribution in [3.05, 3.63) is 173 Å². The first-order valence-electron chi connectivity index (χ1n) is 37.2. The molecule has 32 heteroatoms. The molecule has 2 aromatic heterocycles. The Labute approximate surface area is 649 Å². The molecule has 1 fully saturated rings. The van der Waals surface area contributed by atoms with Gasteiger partial charge in [0.2, 0.25) is 76.9 Å². The Kier molecular flexibility index (Phi) is 32.2. The Balaban J connectivity index is 1.08. The lowest BCUT2D eigenvalue weighted by Gasteiger charge is -2.31. The highest BCUT2D eigenvalue weighted by Gasteiger charge is 2.40. The molecule has 0 unspecified atom stereocenters. The summed E-state index contributed by atoms with van der Waals surface area (Å²) in [4.78, 5) is 168. The van der Waals surface area contributed by atoms with E-state index in [1.165, 1.54) is 31.1 Å². The maximum atomic E-state index is 15.4. The number of benzene rings is 5. The van der Waals surface area contributed by atoms with Gasteiger partial charge in [-0.2, -0.15) is 4.98 Å². The van der Waals surface area contributed by atoms with Crippen LogP contribution in [0.1, 0.15) is 115 Å². The van der Waals surface area contributed by atoms with Crippen molar-refractivity contribution in [3.63, 3.8) is 0 Å². The maximum Gasteiger partial charge on any atom is 0.248 e. The van der Waals surface area contributed by atoms with Crippen LogP contribution in [0.5, 0.6) is 0 Å². The van der Waals surface area contributed by atoms with Crippen LogP contribution in [0.25, 0.3) is 10.8 Å². The van der Waals surface area contributed by atoms with Crippen LogP contribution in [0, 0.1) is 5.92 Å². The van der Waals surface area contributed by atoms with Crippen molar-refractivity contribution in [1.82, 2.24) is 78.2 Å². The number of aliphatic hydroxyl groups is 1. The van der Waals surface area contributed by atoms with E-state index in [0.29, 0.717) is 76.4 Å². The van der Waals surface area contributed by atoms with E-state index in [1.807, 2.05) is 70.2 Å². The number of pyridine rings is 1. The lowest BCUT2D eigenvalue weighted by atomic mass is 9.99. The second-order valence-electron chi connectivity index (χ2n) is 28.5. The largest absolute Gasteiger partial charge is 0.394 e. The van der Waals surface area contributed by atoms with Crippen molar-refractivity contribution in [2.75, 3.05) is 36.1 Å². The van der Waals surface area contributed by atoms with Gasteiger partial charge in [-0.05, 0) is 139 Å². The smallest absolute Gasteiger partial charge is 0.248 e. The van der Waals surface area contributed by atoms with Gasteiger partial charge < -0.3 is 85.3 Å². The summed E-state index contributed by atoms with van der Waals surface area (Å²) >= 11 is 6.27. The molecule has 1 aliphatic heterocycles. The van der Waals surface area contributed by atoms with E-state index in [4.69, 9.17) is 23.1 Å². The number of rotatable bonds is 40. The molecule has 11 amide bonds. The summed E-state index contributed by atoms with van der Waals surface area (Å²) in [7, 11) is 0. The van der Waals surface area contributed by atoms with Gasteiger partial charge in [-0.3, -0.25) is 57.7 Å². The van der Waals surface area contributed by atoms with E-state index >= 15 is 9.59 Å². The summed E-state index contributed by atoms with van der Waals surface area (Å²) in [6, 6.07) is 23.7. The van der Waals surface area contributed by atoms with Crippen LogP contribution in [0.2, 0.25) is 5.02 Å². The van der Waals surface area contributed by atoms with Gasteiger partial charge in [0.25, 0.3) is 0 Å². The summed E-state index contributed by atoms with van der Waals surface area (Å²) in [5.41, 5.74) is 15.2. The third kappa shape index (κ3) is 27.3. The molecule has 8 rings (SSSR count). The molecule has 5 aromatic carbocycles. The van der Waals surface area contributed by atoms with Gasteiger partial charge in [-0.25, -0.2) is 5.10 Å². The van der Waals surface area contributed by atoms with Crippen molar-refractivity contribution < 1.29 is 57.8 Å². The number of anilines is 4. The van der Waals surface area contributed by atoms with E-state index in [2.05, 4.69) is 84.0 Å². The van der Waals surface area contributed by atoms with Crippen LogP contribution in [0.3, 0.4) is 0 Å². The number of likely N-dealkylation sites (tertiary alicyclic amines) is 1. The van der Waals surface area contributed by atoms with Gasteiger partial charge >= 0.3 is 0 Å². The minimum absolute atomic E-state index is 0.0330. The number of nitrogens with zero attached hydrogens (tertiary/aromatic N) is 4. The topological polar surface area (TPSA) is 462 Å². The van der Waals surface area contributed by atoms with Gasteiger partial charge in [0.05, 0.1) is 12.8 Å². The van der Waals surface area contributed by atoms with Crippen molar-refractivity contribution in [3.8, 4) is 0 Å². The third-order valence-electron chi connectivity index (χ3n) is 18.3. The first-order valence-corrected chi connectivity index (χ1v) is 37.6. The highest BCUT2D eigenvalue weighted by Crippen LogP contribution is 2.24. The molecule has 111 heavy (non-hydrogen) atoms. The average molecular weight is 1550 g/mol. The molecule has 0 bridgehead atoms. The number of halogens is 1. The molecule has 0 saturated carbocycles. The molecule has 1 aliphatic rings. The van der Waals surface area contributed by atoms with Crippen molar-refractivity contribution in [2.24, 2.45) is 11.7 Å². The Morgan fingerprint density at radius 1 is 0.550 bits per heavy atom. The fraction of sp³-hybridized carbons (Fsp3) is 0.418. The zero-order valence-corrected chi connectivity index (χ0v) is 64.1. The molecule has 31 nitrogen and oxygen atoms in total. The molecular weight excluding hydrogens is 1440 g/mol. The number of hydrogen-bond acceptors (Lipinski definition) is 19. The third-order valence-corrected chi connectivity index (χ3v) is 18.6. The summed E-state index contributed by atoms with van der Waals surface area (Å²) in [5, 5.41) is 53.8. The minimum Gasteiger partial charge on any atom is -0.394 e. The molecule has 7 aromatic rings. The number of carbonyl (C=O) groups is 11. The summed E-state index contributed by atoms with van der Waals surface area (Å²) in [6.07, 6.45) is 3.66. The lowest BCUT2D eigenvalue weighted by Crippen LogP contribution is -2.62. The summed E-state index contributed by atoms with van der Waals surface area (Å²) in [5.74, 6) is -8.02. The molecular formula is C79H102ClN19O12. The second kappa shape index (κ2) is 42.0. The molecule has 3 heterocycles. The first-order chi connectivity index (χ1) is 53.1. The van der Waals surface area contributed by atoms with Crippen LogP contribution in [0.4, 0.5) is 23.3 Å². The minimum atomic E-state index is -1.84. The van der Waals surface area contributed by atoms with Gasteiger partial charge in [0.1, 0.15) is 54.4 Å². The van der Waals surface area contributed by atoms with Gasteiger partial charge in [-0.1, -0.05) is 124 Å². The number of aromatic amines is 1. The number of nitrogen functional groups attached to an aromatic ring is 1. The Morgan fingerprint density at radius 3 is 1.56 bits per heavy atom. The van der Waals surface area contributed by atoms with E-state index in [0.717, 1.165) is 10.8 Å². The number of nitrogens with one attached hydrogen (secondary N) is 13. The Hall–Kier alpha value is -11.4. The molecule has 1 saturated heterocycles. The quantitative estimate of drug-likeness (QED) is 0.0193. The van der Waals surface area contributed by atoms with Crippen molar-refractivity contribution >= 4 is 111 Å². The number of hydrogen-bond donors (Lipinski definition) is 16. The molecule has 0 spiro atoms. The SMILES string of the molecule is CC(=O)Nc1ccc(C[C@@H](NC(=O)[C@H](Cc2ccc(Nc3n[nH]c(N)n3)cc2)NC(=O)[C@H](CO)NC(=O)[C@@H](Cc2cccnc2)NC(=O)[C@@H](Cc2ccc(Cl)cc2)NC(=O)[C@@H](Cc2ccc3ccccc3c2)NC(C)=O)C(=O)N[C@@H](CC(C)C)C(=O)N[C@@H](CCCCNC(C)C)C(=O)N2CCC[C@H]2C(=O)N[C@H](C)N)cc1. The zero-order chi connectivity index (χ0) is 80.3. The van der Waals surface area contributed by atoms with Crippen LogP contribution < -0.4 is 75.3 Å². The molecule has 10 atom stereocenters. The normalized spacial score (nSPS) is 15.1.